The summed E-state index contributed by atoms with van der Waals surface area (Å²) in [5, 5.41) is 4.54. The maximum Gasteiger partial charge on any atom is 0.159 e. The van der Waals surface area contributed by atoms with E-state index < -0.39 is 0 Å². The second-order valence-electron chi connectivity index (χ2n) is 15.8. The first-order valence-electron chi connectivity index (χ1n) is 18.5. The number of nitrogens with zero attached hydrogens (tertiary/aromatic N) is 1. The lowest BCUT2D eigenvalue weighted by atomic mass is 9.43. The molecule has 0 atom stereocenters. The van der Waals surface area contributed by atoms with Crippen molar-refractivity contribution in [2.45, 2.75) is 44.4 Å². The third-order valence-corrected chi connectivity index (χ3v) is 13.3. The van der Waals surface area contributed by atoms with Gasteiger partial charge in [0, 0.05) is 27.3 Å². The Kier molecular flexibility index (Phi) is 5.34. The zero-order valence-corrected chi connectivity index (χ0v) is 28.2. The molecule has 13 rings (SSSR count). The van der Waals surface area contributed by atoms with Crippen molar-refractivity contribution in [2.24, 2.45) is 23.7 Å². The van der Waals surface area contributed by atoms with Gasteiger partial charge in [0.25, 0.3) is 0 Å². The van der Waals surface area contributed by atoms with E-state index in [0.29, 0.717) is 11.8 Å². The Labute approximate surface area is 291 Å². The van der Waals surface area contributed by atoms with Crippen LogP contribution in [0, 0.1) is 30.6 Å². The van der Waals surface area contributed by atoms with E-state index in [1.807, 2.05) is 0 Å². The zero-order valence-electron chi connectivity index (χ0n) is 28.2. The molecule has 8 aromatic rings. The van der Waals surface area contributed by atoms with Crippen molar-refractivity contribution in [2.75, 3.05) is 4.90 Å². The second kappa shape index (κ2) is 9.69. The fourth-order valence-corrected chi connectivity index (χ4v) is 11.7. The number of fused-ring (bicyclic) bond motifs is 9. The van der Waals surface area contributed by atoms with Gasteiger partial charge in [0.1, 0.15) is 16.7 Å². The normalized spacial score (nSPS) is 24.6. The quantitative estimate of drug-likeness (QED) is 0.191. The van der Waals surface area contributed by atoms with Crippen molar-refractivity contribution in [1.29, 1.82) is 0 Å². The molecule has 0 radical (unpaired) electrons. The average molecular weight is 648 g/mol. The Bertz CT molecular complexity index is 2680. The van der Waals surface area contributed by atoms with Crippen molar-refractivity contribution in [3.05, 3.63) is 138 Å². The van der Waals surface area contributed by atoms with E-state index in [2.05, 4.69) is 133 Å². The maximum absolute atomic E-state index is 6.78. The highest BCUT2D eigenvalue weighted by atomic mass is 16.3. The summed E-state index contributed by atoms with van der Waals surface area (Å²) in [7, 11) is 0. The van der Waals surface area contributed by atoms with Crippen LogP contribution in [0.15, 0.2) is 130 Å². The van der Waals surface area contributed by atoms with Gasteiger partial charge < -0.3 is 13.7 Å². The number of anilines is 3. The summed E-state index contributed by atoms with van der Waals surface area (Å²) in [6, 6.07) is 44.8. The smallest absolute Gasteiger partial charge is 0.159 e. The lowest BCUT2D eigenvalue weighted by Gasteiger charge is -2.61. The number of furan rings is 2. The van der Waals surface area contributed by atoms with Gasteiger partial charge in [-0.3, -0.25) is 0 Å². The molecular weight excluding hydrogens is 611 g/mol. The van der Waals surface area contributed by atoms with Gasteiger partial charge in [-0.25, -0.2) is 0 Å². The third kappa shape index (κ3) is 3.45. The average Bonchev–Trinajstić information content (AvgIpc) is 3.79. The van der Waals surface area contributed by atoms with Gasteiger partial charge in [0.05, 0.1) is 16.8 Å². The molecular formula is C47H37NO2. The van der Waals surface area contributed by atoms with Gasteiger partial charge in [0.15, 0.2) is 5.58 Å². The van der Waals surface area contributed by atoms with E-state index in [1.54, 1.807) is 11.1 Å². The minimum absolute atomic E-state index is 0.0800. The van der Waals surface area contributed by atoms with E-state index in [9.17, 15) is 0 Å². The van der Waals surface area contributed by atoms with Crippen molar-refractivity contribution in [1.82, 2.24) is 0 Å². The highest BCUT2D eigenvalue weighted by Gasteiger charge is 2.61. The lowest BCUT2D eigenvalue weighted by Crippen LogP contribution is -2.55. The molecule has 50 heavy (non-hydrogen) atoms. The molecule has 4 saturated carbocycles. The van der Waals surface area contributed by atoms with Crippen LogP contribution in [0.25, 0.3) is 55.0 Å². The minimum Gasteiger partial charge on any atom is -0.456 e. The van der Waals surface area contributed by atoms with Crippen LogP contribution in [0.5, 0.6) is 0 Å². The largest absolute Gasteiger partial charge is 0.456 e. The summed E-state index contributed by atoms with van der Waals surface area (Å²) >= 11 is 0. The number of rotatable bonds is 3. The van der Waals surface area contributed by atoms with Crippen molar-refractivity contribution >= 4 is 60.9 Å². The van der Waals surface area contributed by atoms with Crippen LogP contribution in [0.3, 0.4) is 0 Å². The van der Waals surface area contributed by atoms with Crippen LogP contribution in [-0.2, 0) is 5.41 Å². The fraction of sp³-hybridized carbons (Fsp3) is 0.234. The summed E-state index contributed by atoms with van der Waals surface area (Å²) in [4.78, 5) is 2.48. The maximum atomic E-state index is 6.78. The van der Waals surface area contributed by atoms with E-state index in [4.69, 9.17) is 8.83 Å². The Balaban J connectivity index is 1.17. The minimum atomic E-state index is 0.0800. The van der Waals surface area contributed by atoms with Gasteiger partial charge in [-0.1, -0.05) is 78.9 Å². The van der Waals surface area contributed by atoms with Crippen LogP contribution >= 0.6 is 0 Å². The lowest BCUT2D eigenvalue weighted by molar-refractivity contribution is -0.0399. The Morgan fingerprint density at radius 3 is 2.04 bits per heavy atom. The first-order chi connectivity index (χ1) is 24.6. The molecule has 2 aromatic heterocycles. The molecule has 0 N–H and O–H groups in total. The molecule has 2 heterocycles. The monoisotopic (exact) mass is 647 g/mol. The summed E-state index contributed by atoms with van der Waals surface area (Å²) < 4.78 is 13.3. The molecule has 4 fully saturated rings. The Morgan fingerprint density at radius 1 is 0.540 bits per heavy atom. The van der Waals surface area contributed by atoms with E-state index >= 15 is 0 Å². The standard InChI is InChI=1S/C47H37NO2/c1-27-19-41(45-37-11-4-7-16-43(37)49-44(45)20-27)48(40-14-8-12-36-35-10-3-6-15-42(35)50-46(36)40)32-17-18-34-33-9-2-5-13-38(33)47(39(34)26-32)30-22-28-21-29(24-30)25-31(47)23-28/h2-20,26,28-31H,21-25H2,1H3. The molecule has 0 aliphatic heterocycles. The Hall–Kier alpha value is -5.28. The molecule has 3 nitrogen and oxygen atoms in total. The van der Waals surface area contributed by atoms with Crippen LogP contribution in [0.4, 0.5) is 17.1 Å². The second-order valence-corrected chi connectivity index (χ2v) is 15.8. The number of aryl methyl sites for hydroxylation is 1. The Morgan fingerprint density at radius 2 is 1.22 bits per heavy atom. The van der Waals surface area contributed by atoms with E-state index in [-0.39, 0.29) is 5.41 Å². The molecule has 5 aliphatic rings. The van der Waals surface area contributed by atoms with Gasteiger partial charge in [-0.05, 0) is 133 Å². The predicted octanol–water partition coefficient (Wildman–Crippen LogP) is 13.0. The van der Waals surface area contributed by atoms with E-state index in [0.717, 1.165) is 67.1 Å². The predicted molar refractivity (Wildman–Crippen MR) is 204 cm³/mol. The SMILES string of the molecule is Cc1cc(N(c2ccc3c(c2)C2(c4ccccc4-3)C3CC4CC(C3)CC2C4)c2cccc3c2oc2ccccc23)c2c(c1)oc1ccccc12. The van der Waals surface area contributed by atoms with Crippen molar-refractivity contribution in [3.8, 4) is 11.1 Å². The summed E-state index contributed by atoms with van der Waals surface area (Å²) in [5.41, 5.74) is 14.2. The summed E-state index contributed by atoms with van der Waals surface area (Å²) in [6.45, 7) is 2.18. The van der Waals surface area contributed by atoms with Crippen molar-refractivity contribution < 1.29 is 8.83 Å². The number of para-hydroxylation sites is 3. The molecule has 4 bridgehead atoms. The van der Waals surface area contributed by atoms with Gasteiger partial charge in [-0.15, -0.1) is 0 Å². The van der Waals surface area contributed by atoms with Gasteiger partial charge >= 0.3 is 0 Å². The van der Waals surface area contributed by atoms with Gasteiger partial charge in [0.2, 0.25) is 0 Å². The molecule has 6 aromatic carbocycles. The molecule has 0 unspecified atom stereocenters. The molecule has 1 spiro atoms. The number of hydrogen-bond acceptors (Lipinski definition) is 3. The molecule has 242 valence electrons. The molecule has 3 heteroatoms. The van der Waals surface area contributed by atoms with Crippen LogP contribution in [0.1, 0.15) is 48.8 Å². The van der Waals surface area contributed by atoms with Crippen LogP contribution in [0.2, 0.25) is 0 Å². The zero-order chi connectivity index (χ0) is 32.7. The van der Waals surface area contributed by atoms with Crippen LogP contribution < -0.4 is 4.90 Å². The van der Waals surface area contributed by atoms with Gasteiger partial charge in [-0.2, -0.15) is 0 Å². The highest BCUT2D eigenvalue weighted by molar-refractivity contribution is 6.16. The van der Waals surface area contributed by atoms with Crippen molar-refractivity contribution in [3.63, 3.8) is 0 Å². The van der Waals surface area contributed by atoms with E-state index in [1.165, 1.54) is 54.5 Å². The first-order valence-corrected chi connectivity index (χ1v) is 18.5. The fourth-order valence-electron chi connectivity index (χ4n) is 11.7. The third-order valence-electron chi connectivity index (χ3n) is 13.3. The summed E-state index contributed by atoms with van der Waals surface area (Å²) in [5.74, 6) is 3.21. The molecule has 0 amide bonds. The topological polar surface area (TPSA) is 29.5 Å². The molecule has 0 saturated heterocycles. The summed E-state index contributed by atoms with van der Waals surface area (Å²) in [6.07, 6.45) is 6.92. The number of benzene rings is 6. The number of hydrogen-bond donors (Lipinski definition) is 0. The van der Waals surface area contributed by atoms with Crippen LogP contribution in [-0.4, -0.2) is 0 Å². The highest BCUT2D eigenvalue weighted by Crippen LogP contribution is 2.69. The molecule has 5 aliphatic carbocycles. The first kappa shape index (κ1) is 27.5.